The van der Waals surface area contributed by atoms with Gasteiger partial charge in [-0.05, 0) is 37.1 Å². The van der Waals surface area contributed by atoms with Crippen molar-refractivity contribution in [3.8, 4) is 5.75 Å². The van der Waals surface area contributed by atoms with Crippen molar-refractivity contribution in [2.45, 2.75) is 32.4 Å². The molecule has 0 atom stereocenters. The predicted molar refractivity (Wildman–Crippen MR) is 136 cm³/mol. The van der Waals surface area contributed by atoms with Crippen LogP contribution >= 0.6 is 0 Å². The second-order valence-corrected chi connectivity index (χ2v) is 9.02. The monoisotopic (exact) mass is 524 g/mol. The number of carbonyl (C=O) groups is 3. The zero-order valence-electron chi connectivity index (χ0n) is 21.5. The quantitative estimate of drug-likeness (QED) is 0.417. The van der Waals surface area contributed by atoms with Crippen molar-refractivity contribution in [3.63, 3.8) is 0 Å². The fraction of sp³-hybridized carbons (Fsp3) is 0.296. The second-order valence-electron chi connectivity index (χ2n) is 9.02. The summed E-state index contributed by atoms with van der Waals surface area (Å²) in [6.07, 6.45) is -0.768. The van der Waals surface area contributed by atoms with Gasteiger partial charge < -0.3 is 20.1 Å². The Hall–Kier alpha value is -4.54. The van der Waals surface area contributed by atoms with Gasteiger partial charge in [-0.1, -0.05) is 42.5 Å². The first-order valence-electron chi connectivity index (χ1n) is 11.7. The van der Waals surface area contributed by atoms with Crippen LogP contribution in [0.5, 0.6) is 5.75 Å². The smallest absolute Gasteiger partial charge is 0.408 e. The van der Waals surface area contributed by atoms with Crippen LogP contribution in [-0.4, -0.2) is 41.0 Å². The van der Waals surface area contributed by atoms with Gasteiger partial charge in [0, 0.05) is 13.5 Å². The van der Waals surface area contributed by atoms with Crippen LogP contribution in [0.4, 0.5) is 9.18 Å². The molecule has 3 aromatic rings. The Labute approximate surface area is 218 Å². The molecule has 0 saturated heterocycles. The summed E-state index contributed by atoms with van der Waals surface area (Å²) in [6, 6.07) is 14.5. The van der Waals surface area contributed by atoms with Crippen molar-refractivity contribution in [2.24, 2.45) is 7.05 Å². The van der Waals surface area contributed by atoms with E-state index in [1.807, 2.05) is 30.3 Å². The number of ether oxygens (including phenoxy) is 2. The maximum Gasteiger partial charge on any atom is 0.408 e. The highest BCUT2D eigenvalue weighted by atomic mass is 19.1. The Morgan fingerprint density at radius 1 is 1.03 bits per heavy atom. The summed E-state index contributed by atoms with van der Waals surface area (Å²) in [7, 11) is 2.65. The van der Waals surface area contributed by atoms with Gasteiger partial charge in [-0.2, -0.15) is 0 Å². The van der Waals surface area contributed by atoms with Crippen LogP contribution < -0.4 is 20.9 Å². The van der Waals surface area contributed by atoms with E-state index < -0.39 is 28.9 Å². The van der Waals surface area contributed by atoms with Gasteiger partial charge in [-0.15, -0.1) is 0 Å². The van der Waals surface area contributed by atoms with E-state index in [1.54, 1.807) is 13.8 Å². The van der Waals surface area contributed by atoms with Gasteiger partial charge in [-0.25, -0.2) is 14.2 Å². The predicted octanol–water partition coefficient (Wildman–Crippen LogP) is 2.63. The second kappa shape index (κ2) is 12.1. The van der Waals surface area contributed by atoms with E-state index in [2.05, 4.69) is 15.6 Å². The molecule has 2 amide bonds. The van der Waals surface area contributed by atoms with Gasteiger partial charge >= 0.3 is 6.09 Å². The highest BCUT2D eigenvalue weighted by molar-refractivity contribution is 5.97. The minimum absolute atomic E-state index is 0.0189. The molecule has 11 heteroatoms. The average molecular weight is 525 g/mol. The number of nitrogens with one attached hydrogen (secondary N) is 2. The van der Waals surface area contributed by atoms with Crippen LogP contribution in [-0.2, 0) is 35.1 Å². The van der Waals surface area contributed by atoms with E-state index in [0.29, 0.717) is 5.56 Å². The molecular weight excluding hydrogens is 495 g/mol. The number of hydrogen-bond donors (Lipinski definition) is 2. The lowest BCUT2D eigenvalue weighted by Crippen LogP contribution is -2.46. The molecule has 0 aliphatic carbocycles. The fourth-order valence-corrected chi connectivity index (χ4v) is 3.70. The van der Waals surface area contributed by atoms with E-state index in [-0.39, 0.29) is 42.6 Å². The summed E-state index contributed by atoms with van der Waals surface area (Å²) in [5, 5.41) is 5.10. The van der Waals surface area contributed by atoms with Gasteiger partial charge in [0.2, 0.25) is 5.75 Å². The van der Waals surface area contributed by atoms with Crippen molar-refractivity contribution >= 4 is 17.8 Å². The molecule has 1 heterocycles. The Bertz CT molecular complexity index is 1370. The van der Waals surface area contributed by atoms with Crippen molar-refractivity contribution in [1.82, 2.24) is 20.2 Å². The molecule has 2 aromatic carbocycles. The minimum Gasteiger partial charge on any atom is -0.489 e. The molecule has 10 nitrogen and oxygen atoms in total. The normalized spacial score (nSPS) is 11.0. The Morgan fingerprint density at radius 3 is 2.32 bits per heavy atom. The number of ketones is 1. The van der Waals surface area contributed by atoms with E-state index >= 15 is 0 Å². The highest BCUT2D eigenvalue weighted by Gasteiger charge is 2.32. The number of rotatable bonds is 10. The first-order chi connectivity index (χ1) is 18.0. The van der Waals surface area contributed by atoms with E-state index in [4.69, 9.17) is 9.47 Å². The fourth-order valence-electron chi connectivity index (χ4n) is 3.70. The standard InChI is InChI=1S/C27H29FN4O6/c1-27(2,31-26(36)38-16-18-8-6-5-7-9-18)25-30-21(22(37-4)24(35)32(25)3)23(34)29-15-20(33)14-17-10-12-19(28)13-11-17/h5-13H,14-16H2,1-4H3,(H,29,34)(H,31,36). The highest BCUT2D eigenvalue weighted by Crippen LogP contribution is 2.21. The maximum atomic E-state index is 13.1. The molecule has 38 heavy (non-hydrogen) atoms. The number of nitrogens with zero attached hydrogens (tertiary/aromatic N) is 2. The van der Waals surface area contributed by atoms with Crippen LogP contribution in [0.15, 0.2) is 59.4 Å². The molecule has 0 spiro atoms. The maximum absolute atomic E-state index is 13.1. The SMILES string of the molecule is COc1c(C(=O)NCC(=O)Cc2ccc(F)cc2)nc(C(C)(C)NC(=O)OCc2ccccc2)n(C)c1=O. The molecule has 0 aliphatic rings. The lowest BCUT2D eigenvalue weighted by atomic mass is 10.0. The Kier molecular flexibility index (Phi) is 8.95. The summed E-state index contributed by atoms with van der Waals surface area (Å²) < 4.78 is 24.6. The van der Waals surface area contributed by atoms with Crippen LogP contribution in [0.1, 0.15) is 41.3 Å². The van der Waals surface area contributed by atoms with Gasteiger partial charge in [0.25, 0.3) is 11.5 Å². The van der Waals surface area contributed by atoms with Gasteiger partial charge in [0.05, 0.1) is 19.2 Å². The topological polar surface area (TPSA) is 129 Å². The number of amides is 2. The molecule has 1 aromatic heterocycles. The third kappa shape index (κ3) is 7.02. The number of Topliss-reactive ketones (excluding diaryl/α,β-unsaturated/α-hetero) is 1. The molecule has 0 radical (unpaired) electrons. The van der Waals surface area contributed by atoms with Crippen LogP contribution in [0, 0.1) is 5.82 Å². The molecule has 0 unspecified atom stereocenters. The minimum atomic E-state index is -1.23. The van der Waals surface area contributed by atoms with E-state index in [0.717, 1.165) is 10.1 Å². The lowest BCUT2D eigenvalue weighted by Gasteiger charge is -2.27. The third-order valence-corrected chi connectivity index (χ3v) is 5.62. The van der Waals surface area contributed by atoms with Crippen molar-refractivity contribution < 1.29 is 28.2 Å². The Balaban J connectivity index is 1.75. The molecule has 0 bridgehead atoms. The number of halogens is 1. The molecule has 0 aliphatic heterocycles. The first kappa shape index (κ1) is 28.0. The average Bonchev–Trinajstić information content (AvgIpc) is 2.89. The van der Waals surface area contributed by atoms with Crippen LogP contribution in [0.2, 0.25) is 0 Å². The number of carbonyl (C=O) groups excluding carboxylic acids is 3. The molecule has 2 N–H and O–H groups in total. The number of alkyl carbamates (subject to hydrolysis) is 1. The zero-order chi connectivity index (χ0) is 27.9. The number of aromatic nitrogens is 2. The molecule has 0 saturated carbocycles. The van der Waals surface area contributed by atoms with E-state index in [9.17, 15) is 23.6 Å². The summed E-state index contributed by atoms with van der Waals surface area (Å²) in [5.41, 5.74) is -0.852. The summed E-state index contributed by atoms with van der Waals surface area (Å²) >= 11 is 0. The summed E-state index contributed by atoms with van der Waals surface area (Å²) in [4.78, 5) is 55.0. The number of methoxy groups -OCH3 is 1. The summed E-state index contributed by atoms with van der Waals surface area (Å²) in [5.74, 6) is -1.83. The van der Waals surface area contributed by atoms with Crippen molar-refractivity contribution in [1.29, 1.82) is 0 Å². The van der Waals surface area contributed by atoms with Gasteiger partial charge in [0.1, 0.15) is 18.2 Å². The van der Waals surface area contributed by atoms with Crippen LogP contribution in [0.3, 0.4) is 0 Å². The largest absolute Gasteiger partial charge is 0.489 e. The van der Waals surface area contributed by atoms with Gasteiger partial charge in [0.15, 0.2) is 11.5 Å². The number of benzene rings is 2. The van der Waals surface area contributed by atoms with Gasteiger partial charge in [-0.3, -0.25) is 19.0 Å². The van der Waals surface area contributed by atoms with Crippen molar-refractivity contribution in [2.75, 3.05) is 13.7 Å². The molecular formula is C27H29FN4O6. The summed E-state index contributed by atoms with van der Waals surface area (Å²) in [6.45, 7) is 2.88. The lowest BCUT2D eigenvalue weighted by molar-refractivity contribution is -0.117. The molecule has 0 fully saturated rings. The zero-order valence-corrected chi connectivity index (χ0v) is 21.5. The van der Waals surface area contributed by atoms with Crippen LogP contribution in [0.25, 0.3) is 0 Å². The molecule has 200 valence electrons. The Morgan fingerprint density at radius 2 is 1.68 bits per heavy atom. The number of hydrogen-bond acceptors (Lipinski definition) is 7. The van der Waals surface area contributed by atoms with E-state index in [1.165, 1.54) is 38.4 Å². The molecule has 3 rings (SSSR count). The first-order valence-corrected chi connectivity index (χ1v) is 11.7. The third-order valence-electron chi connectivity index (χ3n) is 5.62. The van der Waals surface area contributed by atoms with Crippen molar-refractivity contribution in [3.05, 3.63) is 93.4 Å².